The first-order valence-electron chi connectivity index (χ1n) is 16.7. The largest absolute Gasteiger partial charge is 0.369 e. The molecule has 3 rings (SSSR count). The SMILES string of the molecule is C=C(CN(CCCC)C(=C)CCc1ccccc1)NC(=C)S/C=C(\C)c1ccc(CCC2=CC=C(C)CC2)cc1.CC.CC. The van der Waals surface area contributed by atoms with Gasteiger partial charge >= 0.3 is 0 Å². The van der Waals surface area contributed by atoms with Gasteiger partial charge in [0.05, 0.1) is 11.6 Å². The van der Waals surface area contributed by atoms with E-state index >= 15 is 0 Å². The molecule has 0 aromatic heterocycles. The number of allylic oxidation sites excluding steroid dienone is 6. The van der Waals surface area contributed by atoms with Crippen LogP contribution >= 0.6 is 11.8 Å². The van der Waals surface area contributed by atoms with Crippen LogP contribution in [-0.2, 0) is 12.8 Å². The fourth-order valence-corrected chi connectivity index (χ4v) is 5.40. The van der Waals surface area contributed by atoms with E-state index in [0.29, 0.717) is 0 Å². The topological polar surface area (TPSA) is 15.3 Å². The van der Waals surface area contributed by atoms with Gasteiger partial charge in [0.25, 0.3) is 0 Å². The summed E-state index contributed by atoms with van der Waals surface area (Å²) in [4.78, 5) is 2.37. The van der Waals surface area contributed by atoms with Crippen molar-refractivity contribution in [2.24, 2.45) is 0 Å². The van der Waals surface area contributed by atoms with Crippen LogP contribution < -0.4 is 5.32 Å². The molecular weight excluding hydrogens is 553 g/mol. The molecule has 0 unspecified atom stereocenters. The summed E-state index contributed by atoms with van der Waals surface area (Å²) in [5, 5.41) is 6.48. The van der Waals surface area contributed by atoms with Crippen LogP contribution in [0.4, 0.5) is 0 Å². The third-order valence-electron chi connectivity index (χ3n) is 7.44. The Balaban J connectivity index is 0.00000232. The fourth-order valence-electron chi connectivity index (χ4n) is 4.75. The molecule has 2 nitrogen and oxygen atoms in total. The van der Waals surface area contributed by atoms with Gasteiger partial charge in [-0.15, -0.1) is 0 Å². The van der Waals surface area contributed by atoms with Gasteiger partial charge in [-0.2, -0.15) is 0 Å². The molecule has 0 spiro atoms. The Bertz CT molecular complexity index is 1210. The number of unbranched alkanes of at least 4 members (excludes halogenated alkanes) is 1. The first kappa shape index (κ1) is 38.9. The van der Waals surface area contributed by atoms with Gasteiger partial charge in [0.1, 0.15) is 0 Å². The minimum atomic E-state index is 0.740. The van der Waals surface area contributed by atoms with Crippen LogP contribution in [0.5, 0.6) is 0 Å². The van der Waals surface area contributed by atoms with E-state index in [-0.39, 0.29) is 0 Å². The molecule has 1 aliphatic rings. The summed E-state index contributed by atoms with van der Waals surface area (Å²) >= 11 is 1.62. The van der Waals surface area contributed by atoms with Gasteiger partial charge in [-0.05, 0) is 86.5 Å². The van der Waals surface area contributed by atoms with Gasteiger partial charge in [-0.25, -0.2) is 0 Å². The van der Waals surface area contributed by atoms with Crippen LogP contribution in [0.3, 0.4) is 0 Å². The van der Waals surface area contributed by atoms with Crippen LogP contribution in [0.25, 0.3) is 5.57 Å². The van der Waals surface area contributed by atoms with Crippen LogP contribution in [-0.4, -0.2) is 18.0 Å². The molecule has 1 N–H and O–H groups in total. The summed E-state index contributed by atoms with van der Waals surface area (Å²) in [5.74, 6) is 0. The van der Waals surface area contributed by atoms with Gasteiger partial charge in [0, 0.05) is 17.9 Å². The maximum atomic E-state index is 4.41. The third kappa shape index (κ3) is 15.5. The number of rotatable bonds is 17. The van der Waals surface area contributed by atoms with Crippen molar-refractivity contribution in [3.8, 4) is 0 Å². The molecule has 0 atom stereocenters. The fraction of sp³-hybridized carbons (Fsp3) is 0.415. The zero-order chi connectivity index (χ0) is 32.7. The number of nitrogens with zero attached hydrogens (tertiary/aromatic N) is 1. The second-order valence-corrected chi connectivity index (χ2v) is 11.9. The molecule has 0 bridgehead atoms. The summed E-state index contributed by atoms with van der Waals surface area (Å²) in [5.41, 5.74) is 10.4. The standard InChI is InChI=1S/C37H48N2S.2C2H6/c1-7-8-26-39(32(5)16-19-34-12-10-9-11-13-34)27-31(4)38-33(6)40-28-30(3)37-24-22-36(23-25-37)21-20-35-17-14-29(2)15-18-35;2*1-2/h9-14,17,22-25,28,38H,4-8,15-16,18-21,26-27H2,1-3H3;2*1-2H3/b30-28+;;. The normalized spacial score (nSPS) is 12.4. The van der Waals surface area contributed by atoms with Crippen LogP contribution in [0.2, 0.25) is 0 Å². The van der Waals surface area contributed by atoms with Gasteiger partial charge in [-0.3, -0.25) is 0 Å². The van der Waals surface area contributed by atoms with Crippen molar-refractivity contribution in [1.29, 1.82) is 0 Å². The summed E-state index contributed by atoms with van der Waals surface area (Å²) < 4.78 is 0. The molecule has 0 amide bonds. The monoisotopic (exact) mass is 612 g/mol. The molecule has 0 fully saturated rings. The molecular formula is C41H60N2S. The molecule has 0 saturated carbocycles. The van der Waals surface area contributed by atoms with Crippen LogP contribution in [0.1, 0.15) is 104 Å². The van der Waals surface area contributed by atoms with Crippen LogP contribution in [0.15, 0.2) is 119 Å². The minimum absolute atomic E-state index is 0.740. The number of nitrogens with one attached hydrogen (secondary N) is 1. The molecule has 2 aromatic carbocycles. The lowest BCUT2D eigenvalue weighted by Crippen LogP contribution is -2.30. The van der Waals surface area contributed by atoms with Crippen molar-refractivity contribution < 1.29 is 0 Å². The lowest BCUT2D eigenvalue weighted by atomic mass is 9.94. The van der Waals surface area contributed by atoms with Crippen molar-refractivity contribution in [1.82, 2.24) is 10.2 Å². The van der Waals surface area contributed by atoms with Gasteiger partial charge in [0.2, 0.25) is 0 Å². The van der Waals surface area contributed by atoms with Crippen molar-refractivity contribution in [3.63, 3.8) is 0 Å². The van der Waals surface area contributed by atoms with Crippen LogP contribution in [0, 0.1) is 0 Å². The minimum Gasteiger partial charge on any atom is -0.369 e. The first-order valence-corrected chi connectivity index (χ1v) is 17.6. The van der Waals surface area contributed by atoms with E-state index in [0.717, 1.165) is 62.3 Å². The van der Waals surface area contributed by atoms with Crippen molar-refractivity contribution in [2.75, 3.05) is 13.1 Å². The van der Waals surface area contributed by atoms with E-state index in [9.17, 15) is 0 Å². The lowest BCUT2D eigenvalue weighted by Gasteiger charge is -2.28. The average molecular weight is 613 g/mol. The molecule has 0 aliphatic heterocycles. The van der Waals surface area contributed by atoms with Crippen molar-refractivity contribution in [3.05, 3.63) is 136 Å². The van der Waals surface area contributed by atoms with E-state index in [1.54, 1.807) is 17.3 Å². The highest BCUT2D eigenvalue weighted by Gasteiger charge is 2.10. The van der Waals surface area contributed by atoms with E-state index < -0.39 is 0 Å². The summed E-state index contributed by atoms with van der Waals surface area (Å²) in [6.07, 6.45) is 13.5. The Morgan fingerprint density at radius 2 is 1.52 bits per heavy atom. The molecule has 3 heteroatoms. The molecule has 44 heavy (non-hydrogen) atoms. The Kier molecular flexibility index (Phi) is 20.5. The quantitative estimate of drug-likeness (QED) is 0.191. The highest BCUT2D eigenvalue weighted by molar-refractivity contribution is 8.05. The average Bonchev–Trinajstić information content (AvgIpc) is 3.06. The Morgan fingerprint density at radius 3 is 2.14 bits per heavy atom. The van der Waals surface area contributed by atoms with Gasteiger partial charge in [-0.1, -0.05) is 150 Å². The summed E-state index contributed by atoms with van der Waals surface area (Å²) in [7, 11) is 0. The second kappa shape index (κ2) is 23.2. The second-order valence-electron chi connectivity index (χ2n) is 10.9. The van der Waals surface area contributed by atoms with Gasteiger partial charge in [0.15, 0.2) is 0 Å². The predicted octanol–water partition coefficient (Wildman–Crippen LogP) is 12.3. The van der Waals surface area contributed by atoms with E-state index in [4.69, 9.17) is 0 Å². The maximum Gasteiger partial charge on any atom is 0.0692 e. The smallest absolute Gasteiger partial charge is 0.0692 e. The maximum absolute atomic E-state index is 4.41. The molecule has 1 aliphatic carbocycles. The Labute approximate surface area is 275 Å². The molecule has 2 aromatic rings. The number of benzene rings is 2. The van der Waals surface area contributed by atoms with E-state index in [2.05, 4.69) is 123 Å². The predicted molar refractivity (Wildman–Crippen MR) is 202 cm³/mol. The Hall–Kier alpha value is -3.17. The van der Waals surface area contributed by atoms with Crippen molar-refractivity contribution >= 4 is 17.3 Å². The van der Waals surface area contributed by atoms with E-state index in [1.807, 2.05) is 27.7 Å². The van der Waals surface area contributed by atoms with Gasteiger partial charge < -0.3 is 10.2 Å². The molecule has 0 saturated heterocycles. The molecule has 240 valence electrons. The highest BCUT2D eigenvalue weighted by Crippen LogP contribution is 2.25. The number of hydrogen-bond acceptors (Lipinski definition) is 3. The molecule has 0 heterocycles. The third-order valence-corrected chi connectivity index (χ3v) is 8.30. The molecule has 0 radical (unpaired) electrons. The summed E-state index contributed by atoms with van der Waals surface area (Å²) in [6, 6.07) is 19.7. The number of thioether (sulfide) groups is 1. The van der Waals surface area contributed by atoms with Crippen molar-refractivity contribution in [2.45, 2.75) is 99.8 Å². The van der Waals surface area contributed by atoms with E-state index in [1.165, 1.54) is 46.4 Å². The summed E-state index contributed by atoms with van der Waals surface area (Å²) in [6.45, 7) is 29.3. The lowest BCUT2D eigenvalue weighted by molar-refractivity contribution is 0.348. The number of aryl methyl sites for hydroxylation is 2. The number of hydrogen-bond donors (Lipinski definition) is 1. The highest BCUT2D eigenvalue weighted by atomic mass is 32.2. The first-order chi connectivity index (χ1) is 21.3. The Morgan fingerprint density at radius 1 is 0.864 bits per heavy atom. The zero-order valence-corrected chi connectivity index (χ0v) is 29.8. The zero-order valence-electron chi connectivity index (χ0n) is 29.0.